The first kappa shape index (κ1) is 32.4. The van der Waals surface area contributed by atoms with Crippen LogP contribution in [0.25, 0.3) is 0 Å². The number of nitrogens with zero attached hydrogens (tertiary/aromatic N) is 2. The number of carbonyl (C=O) groups excluding carboxylic acids is 2. The maximum absolute atomic E-state index is 13.6. The maximum atomic E-state index is 13.6. The van der Waals surface area contributed by atoms with Crippen molar-refractivity contribution in [3.05, 3.63) is 53.7 Å². The number of esters is 2. The minimum absolute atomic E-state index is 0.108. The molecule has 0 saturated heterocycles. The van der Waals surface area contributed by atoms with Crippen molar-refractivity contribution in [2.45, 2.75) is 118 Å². The molecule has 1 rings (SSSR count). The minimum atomic E-state index is -0.883. The molecule has 6 nitrogen and oxygen atoms in total. The molecule has 0 amide bonds. The molecule has 37 heavy (non-hydrogen) atoms. The smallest absolute Gasteiger partial charge is 0.311 e. The first-order valence-corrected chi connectivity index (χ1v) is 13.4. The van der Waals surface area contributed by atoms with E-state index < -0.39 is 34.5 Å². The summed E-state index contributed by atoms with van der Waals surface area (Å²) in [4.78, 5) is 31.2. The predicted molar refractivity (Wildman–Crippen MR) is 151 cm³/mol. The summed E-state index contributed by atoms with van der Waals surface area (Å²) in [5.74, 6) is -0.984. The van der Waals surface area contributed by atoms with Gasteiger partial charge >= 0.3 is 11.9 Å². The first-order chi connectivity index (χ1) is 17.0. The Kier molecular flexibility index (Phi) is 12.1. The summed E-state index contributed by atoms with van der Waals surface area (Å²) in [5.41, 5.74) is 0.263. The van der Waals surface area contributed by atoms with Crippen molar-refractivity contribution in [1.82, 2.24) is 9.55 Å². The van der Waals surface area contributed by atoms with Crippen LogP contribution in [0.4, 0.5) is 0 Å². The van der Waals surface area contributed by atoms with Gasteiger partial charge in [0.15, 0.2) is 0 Å². The van der Waals surface area contributed by atoms with Crippen molar-refractivity contribution in [1.29, 1.82) is 0 Å². The van der Waals surface area contributed by atoms with E-state index in [1.807, 2.05) is 73.2 Å². The van der Waals surface area contributed by atoms with Gasteiger partial charge in [0, 0.05) is 19.4 Å². The van der Waals surface area contributed by atoms with E-state index in [9.17, 15) is 9.59 Å². The molecule has 0 spiro atoms. The highest BCUT2D eigenvalue weighted by Crippen LogP contribution is 2.38. The van der Waals surface area contributed by atoms with Gasteiger partial charge in [-0.1, -0.05) is 35.5 Å². The van der Waals surface area contributed by atoms with Gasteiger partial charge in [-0.05, 0) is 94.9 Å². The molecule has 1 aromatic heterocycles. The molecule has 0 aromatic carbocycles. The van der Waals surface area contributed by atoms with Gasteiger partial charge in [-0.2, -0.15) is 0 Å². The number of carbonyl (C=O) groups is 2. The minimum Gasteiger partial charge on any atom is -0.460 e. The van der Waals surface area contributed by atoms with Gasteiger partial charge in [-0.15, -0.1) is 0 Å². The van der Waals surface area contributed by atoms with E-state index in [1.54, 1.807) is 6.20 Å². The molecule has 0 aliphatic carbocycles. The summed E-state index contributed by atoms with van der Waals surface area (Å²) >= 11 is 0. The number of hydrogen-bond donors (Lipinski definition) is 0. The van der Waals surface area contributed by atoms with Gasteiger partial charge in [0.05, 0.1) is 17.8 Å². The van der Waals surface area contributed by atoms with Crippen LogP contribution in [0.3, 0.4) is 0 Å². The summed E-state index contributed by atoms with van der Waals surface area (Å²) in [7, 11) is 1.90. The quantitative estimate of drug-likeness (QED) is 0.215. The van der Waals surface area contributed by atoms with Crippen molar-refractivity contribution >= 4 is 11.9 Å². The molecule has 2 unspecified atom stereocenters. The van der Waals surface area contributed by atoms with Crippen molar-refractivity contribution in [2.24, 2.45) is 13.0 Å². The number of allylic oxidation sites excluding steroid dienone is 6. The summed E-state index contributed by atoms with van der Waals surface area (Å²) < 4.78 is 13.4. The van der Waals surface area contributed by atoms with Crippen LogP contribution in [0.1, 0.15) is 107 Å². The summed E-state index contributed by atoms with van der Waals surface area (Å²) in [6.45, 7) is 19.2. The maximum Gasteiger partial charge on any atom is 0.311 e. The first-order valence-electron chi connectivity index (χ1n) is 13.4. The van der Waals surface area contributed by atoms with E-state index in [4.69, 9.17) is 9.47 Å². The largest absolute Gasteiger partial charge is 0.460 e. The molecule has 0 N–H and O–H groups in total. The molecule has 1 aromatic rings. The summed E-state index contributed by atoms with van der Waals surface area (Å²) in [6.07, 6.45) is 15.9. The molecule has 0 bridgehead atoms. The lowest BCUT2D eigenvalue weighted by Crippen LogP contribution is -2.43. The number of hydrogen-bond acceptors (Lipinski definition) is 5. The van der Waals surface area contributed by atoms with E-state index in [2.05, 4.69) is 43.1 Å². The van der Waals surface area contributed by atoms with Crippen molar-refractivity contribution < 1.29 is 19.1 Å². The zero-order chi connectivity index (χ0) is 28.4. The number of imidazole rings is 1. The number of aryl methyl sites for hydroxylation is 1. The van der Waals surface area contributed by atoms with Crippen LogP contribution in [-0.4, -0.2) is 32.7 Å². The fourth-order valence-corrected chi connectivity index (χ4v) is 4.38. The Morgan fingerprint density at radius 3 is 2.08 bits per heavy atom. The van der Waals surface area contributed by atoms with Gasteiger partial charge in [0.1, 0.15) is 17.0 Å². The molecule has 2 atom stereocenters. The van der Waals surface area contributed by atoms with Crippen LogP contribution in [-0.2, 0) is 31.5 Å². The van der Waals surface area contributed by atoms with Gasteiger partial charge in [-0.3, -0.25) is 9.59 Å². The standard InChI is InChI=1S/C31H50N2O4/c1-12-13-14-16-23(2)17-15-18-24(3)22-31(10,28-32-19-20-33(28)11)25(27(35)37-30(7,8)9)21-26(34)36-29(4,5)6/h12-13,17,19-20,22,25H,14-16,18,21H2,1-11H3/b13-12+,23-17+,24-22+. The molecular formula is C31H50N2O4. The van der Waals surface area contributed by atoms with Gasteiger partial charge < -0.3 is 14.0 Å². The fourth-order valence-electron chi connectivity index (χ4n) is 4.38. The number of rotatable bonds is 12. The van der Waals surface area contributed by atoms with Crippen LogP contribution in [0.15, 0.2) is 47.8 Å². The summed E-state index contributed by atoms with van der Waals surface area (Å²) in [6, 6.07) is 0. The second-order valence-corrected chi connectivity index (χ2v) is 12.2. The lowest BCUT2D eigenvalue weighted by atomic mass is 9.72. The SMILES string of the molecule is C/C=C/CC/C(C)=C/CC/C(C)=C/C(C)(c1nccn1C)C(CC(=O)OC(C)(C)C)C(=O)OC(C)(C)C. The zero-order valence-electron chi connectivity index (χ0n) is 25.1. The number of ether oxygens (including phenoxy) is 2. The van der Waals surface area contributed by atoms with Gasteiger partial charge in [0.2, 0.25) is 0 Å². The molecule has 0 aliphatic heterocycles. The predicted octanol–water partition coefficient (Wildman–Crippen LogP) is 7.40. The van der Waals surface area contributed by atoms with E-state index in [0.29, 0.717) is 5.82 Å². The van der Waals surface area contributed by atoms with Crippen LogP contribution in [0.5, 0.6) is 0 Å². The van der Waals surface area contributed by atoms with Gasteiger partial charge in [-0.25, -0.2) is 4.98 Å². The monoisotopic (exact) mass is 514 g/mol. The van der Waals surface area contributed by atoms with E-state index >= 15 is 0 Å². The van der Waals surface area contributed by atoms with Gasteiger partial charge in [0.25, 0.3) is 0 Å². The molecular weight excluding hydrogens is 464 g/mol. The lowest BCUT2D eigenvalue weighted by Gasteiger charge is -2.35. The highest BCUT2D eigenvalue weighted by atomic mass is 16.6. The van der Waals surface area contributed by atoms with E-state index in [-0.39, 0.29) is 6.42 Å². The molecule has 1 heterocycles. The third kappa shape index (κ3) is 11.5. The third-order valence-corrected chi connectivity index (χ3v) is 6.03. The van der Waals surface area contributed by atoms with Crippen molar-refractivity contribution in [2.75, 3.05) is 0 Å². The fraction of sp³-hybridized carbons (Fsp3) is 0.645. The Bertz CT molecular complexity index is 986. The Hall–Kier alpha value is -2.63. The van der Waals surface area contributed by atoms with Crippen LogP contribution < -0.4 is 0 Å². The third-order valence-electron chi connectivity index (χ3n) is 6.03. The van der Waals surface area contributed by atoms with Crippen molar-refractivity contribution in [3.8, 4) is 0 Å². The normalized spacial score (nSPS) is 16.0. The molecule has 208 valence electrons. The highest BCUT2D eigenvalue weighted by molar-refractivity contribution is 5.82. The Balaban J connectivity index is 3.41. The van der Waals surface area contributed by atoms with E-state index in [1.165, 1.54) is 5.57 Å². The molecule has 0 radical (unpaired) electrons. The average molecular weight is 515 g/mol. The van der Waals surface area contributed by atoms with Crippen LogP contribution in [0, 0.1) is 5.92 Å². The second kappa shape index (κ2) is 13.8. The molecule has 6 heteroatoms. The molecule has 0 aliphatic rings. The van der Waals surface area contributed by atoms with Crippen molar-refractivity contribution in [3.63, 3.8) is 0 Å². The Morgan fingerprint density at radius 1 is 0.973 bits per heavy atom. The Labute approximate surface area is 225 Å². The second-order valence-electron chi connectivity index (χ2n) is 12.2. The molecule has 0 saturated carbocycles. The zero-order valence-corrected chi connectivity index (χ0v) is 25.1. The lowest BCUT2D eigenvalue weighted by molar-refractivity contribution is -0.169. The highest BCUT2D eigenvalue weighted by Gasteiger charge is 2.45. The average Bonchev–Trinajstić information content (AvgIpc) is 3.16. The van der Waals surface area contributed by atoms with E-state index in [0.717, 1.165) is 31.3 Å². The van der Waals surface area contributed by atoms with Crippen LogP contribution in [0.2, 0.25) is 0 Å². The molecule has 0 fully saturated rings. The number of aromatic nitrogens is 2. The topological polar surface area (TPSA) is 70.4 Å². The summed E-state index contributed by atoms with van der Waals surface area (Å²) in [5, 5.41) is 0. The van der Waals surface area contributed by atoms with Crippen LogP contribution >= 0.6 is 0 Å². The Morgan fingerprint density at radius 2 is 1.57 bits per heavy atom.